The van der Waals surface area contributed by atoms with Gasteiger partial charge in [-0.05, 0) is 51.1 Å². The molecule has 18 heavy (non-hydrogen) atoms. The third-order valence-corrected chi connectivity index (χ3v) is 3.24. The normalized spacial score (nSPS) is 12.8. The molecule has 0 aliphatic carbocycles. The molecule has 1 aromatic carbocycles. The molecule has 0 amide bonds. The van der Waals surface area contributed by atoms with Crippen molar-refractivity contribution >= 4 is 15.9 Å². The molecule has 0 aliphatic heterocycles. The summed E-state index contributed by atoms with van der Waals surface area (Å²) in [4.78, 5) is 0. The number of rotatable bonds is 7. The lowest BCUT2D eigenvalue weighted by Crippen LogP contribution is -2.33. The van der Waals surface area contributed by atoms with Crippen LogP contribution in [0.3, 0.4) is 0 Å². The summed E-state index contributed by atoms with van der Waals surface area (Å²) in [5.41, 5.74) is 1.18. The zero-order chi connectivity index (χ0) is 13.5. The molecule has 0 fully saturated rings. The Morgan fingerprint density at radius 2 is 2.06 bits per heavy atom. The minimum Gasteiger partial charge on any atom is -0.496 e. The van der Waals surface area contributed by atoms with Crippen molar-refractivity contribution in [3.8, 4) is 5.75 Å². The smallest absolute Gasteiger partial charge is 0.122 e. The van der Waals surface area contributed by atoms with Crippen molar-refractivity contribution in [3.63, 3.8) is 0 Å². The van der Waals surface area contributed by atoms with Gasteiger partial charge in [-0.2, -0.15) is 0 Å². The topological polar surface area (TPSA) is 30.5 Å². The zero-order valence-electron chi connectivity index (χ0n) is 11.5. The molecule has 0 spiro atoms. The van der Waals surface area contributed by atoms with Crippen LogP contribution in [0.25, 0.3) is 0 Å². The lowest BCUT2D eigenvalue weighted by atomic mass is 10.1. The van der Waals surface area contributed by atoms with Gasteiger partial charge in [-0.25, -0.2) is 0 Å². The Labute approximate surface area is 118 Å². The highest BCUT2D eigenvalue weighted by Gasteiger charge is 2.12. The SMILES string of the molecule is CNC(COC(C)C)Cc1cc(Br)ccc1OC. The molecule has 1 aromatic rings. The quantitative estimate of drug-likeness (QED) is 0.839. The van der Waals surface area contributed by atoms with Crippen LogP contribution in [0.1, 0.15) is 19.4 Å². The minimum atomic E-state index is 0.255. The van der Waals surface area contributed by atoms with Gasteiger partial charge in [0.25, 0.3) is 0 Å². The summed E-state index contributed by atoms with van der Waals surface area (Å²) < 4.78 is 12.1. The van der Waals surface area contributed by atoms with Crippen LogP contribution in [-0.4, -0.2) is 32.9 Å². The summed E-state index contributed by atoms with van der Waals surface area (Å²) in [5.74, 6) is 0.919. The molecule has 0 heterocycles. The zero-order valence-corrected chi connectivity index (χ0v) is 13.1. The monoisotopic (exact) mass is 315 g/mol. The lowest BCUT2D eigenvalue weighted by Gasteiger charge is -2.19. The number of likely N-dealkylation sites (N-methyl/N-ethyl adjacent to an activating group) is 1. The van der Waals surface area contributed by atoms with Gasteiger partial charge in [-0.15, -0.1) is 0 Å². The van der Waals surface area contributed by atoms with Crippen molar-refractivity contribution in [3.05, 3.63) is 28.2 Å². The van der Waals surface area contributed by atoms with E-state index >= 15 is 0 Å². The first-order chi connectivity index (χ1) is 8.56. The summed E-state index contributed by atoms with van der Waals surface area (Å²) in [6.45, 7) is 4.79. The number of hydrogen-bond acceptors (Lipinski definition) is 3. The van der Waals surface area contributed by atoms with Crippen molar-refractivity contribution in [1.82, 2.24) is 5.32 Å². The van der Waals surface area contributed by atoms with Crippen molar-refractivity contribution in [2.45, 2.75) is 32.4 Å². The number of ether oxygens (including phenoxy) is 2. The molecular formula is C14H22BrNO2. The number of benzene rings is 1. The molecule has 0 aliphatic rings. The van der Waals surface area contributed by atoms with E-state index in [0.29, 0.717) is 6.61 Å². The van der Waals surface area contributed by atoms with E-state index in [4.69, 9.17) is 9.47 Å². The van der Waals surface area contributed by atoms with E-state index in [9.17, 15) is 0 Å². The van der Waals surface area contributed by atoms with Crippen LogP contribution in [0.5, 0.6) is 5.75 Å². The molecule has 0 saturated carbocycles. The number of nitrogens with one attached hydrogen (secondary N) is 1. The summed E-state index contributed by atoms with van der Waals surface area (Å²) >= 11 is 3.49. The van der Waals surface area contributed by atoms with Gasteiger partial charge >= 0.3 is 0 Å². The van der Waals surface area contributed by atoms with E-state index in [0.717, 1.165) is 16.6 Å². The van der Waals surface area contributed by atoms with E-state index < -0.39 is 0 Å². The second-order valence-corrected chi connectivity index (χ2v) is 5.44. The van der Waals surface area contributed by atoms with Crippen LogP contribution < -0.4 is 10.1 Å². The van der Waals surface area contributed by atoms with Crippen molar-refractivity contribution in [2.24, 2.45) is 0 Å². The highest BCUT2D eigenvalue weighted by Crippen LogP contribution is 2.24. The fourth-order valence-corrected chi connectivity index (χ4v) is 2.13. The standard InChI is InChI=1S/C14H22BrNO2/c1-10(2)18-9-13(16-3)8-11-7-12(15)5-6-14(11)17-4/h5-7,10,13,16H,8-9H2,1-4H3. The second-order valence-electron chi connectivity index (χ2n) is 4.53. The van der Waals surface area contributed by atoms with Gasteiger partial charge < -0.3 is 14.8 Å². The van der Waals surface area contributed by atoms with Crippen LogP contribution >= 0.6 is 15.9 Å². The molecule has 4 heteroatoms. The molecule has 0 radical (unpaired) electrons. The predicted octanol–water partition coefficient (Wildman–Crippen LogP) is 3.01. The number of halogens is 1. The van der Waals surface area contributed by atoms with Gasteiger partial charge in [0.2, 0.25) is 0 Å². The maximum Gasteiger partial charge on any atom is 0.122 e. The fraction of sp³-hybridized carbons (Fsp3) is 0.571. The molecule has 0 saturated heterocycles. The molecule has 1 atom stereocenters. The van der Waals surface area contributed by atoms with Crippen molar-refractivity contribution < 1.29 is 9.47 Å². The Hall–Kier alpha value is -0.580. The molecular weight excluding hydrogens is 294 g/mol. The van der Waals surface area contributed by atoms with E-state index in [-0.39, 0.29) is 12.1 Å². The van der Waals surface area contributed by atoms with Gasteiger partial charge in [0, 0.05) is 10.5 Å². The fourth-order valence-electron chi connectivity index (χ4n) is 1.73. The molecule has 0 bridgehead atoms. The Balaban J connectivity index is 2.71. The average Bonchev–Trinajstić information content (AvgIpc) is 2.34. The molecule has 0 aromatic heterocycles. The number of methoxy groups -OCH3 is 1. The third-order valence-electron chi connectivity index (χ3n) is 2.75. The molecule has 1 N–H and O–H groups in total. The summed E-state index contributed by atoms with van der Waals surface area (Å²) in [5, 5.41) is 3.28. The molecule has 1 rings (SSSR count). The van der Waals surface area contributed by atoms with E-state index in [2.05, 4.69) is 27.3 Å². The van der Waals surface area contributed by atoms with Crippen LogP contribution in [0.4, 0.5) is 0 Å². The first kappa shape index (κ1) is 15.5. The minimum absolute atomic E-state index is 0.255. The Bertz CT molecular complexity index is 369. The largest absolute Gasteiger partial charge is 0.496 e. The van der Waals surface area contributed by atoms with Crippen molar-refractivity contribution in [1.29, 1.82) is 0 Å². The van der Waals surface area contributed by atoms with E-state index in [1.54, 1.807) is 7.11 Å². The lowest BCUT2D eigenvalue weighted by molar-refractivity contribution is 0.0627. The Morgan fingerprint density at radius 3 is 2.61 bits per heavy atom. The first-order valence-corrected chi connectivity index (χ1v) is 6.97. The maximum atomic E-state index is 5.66. The highest BCUT2D eigenvalue weighted by molar-refractivity contribution is 9.10. The molecule has 3 nitrogen and oxygen atoms in total. The van der Waals surface area contributed by atoms with Crippen LogP contribution in [0.2, 0.25) is 0 Å². The van der Waals surface area contributed by atoms with Crippen LogP contribution in [-0.2, 0) is 11.2 Å². The Kier molecular flexibility index (Phi) is 6.68. The van der Waals surface area contributed by atoms with Gasteiger partial charge in [-0.3, -0.25) is 0 Å². The predicted molar refractivity (Wildman–Crippen MR) is 78.3 cm³/mol. The summed E-state index contributed by atoms with van der Waals surface area (Å²) in [7, 11) is 3.66. The van der Waals surface area contributed by atoms with E-state index in [1.165, 1.54) is 5.56 Å². The Morgan fingerprint density at radius 1 is 1.33 bits per heavy atom. The van der Waals surface area contributed by atoms with Gasteiger partial charge in [0.1, 0.15) is 5.75 Å². The second kappa shape index (κ2) is 7.77. The van der Waals surface area contributed by atoms with Gasteiger partial charge in [0.05, 0.1) is 19.8 Å². The van der Waals surface area contributed by atoms with E-state index in [1.807, 2.05) is 33.0 Å². The molecule has 1 unspecified atom stereocenters. The maximum absolute atomic E-state index is 5.66. The van der Waals surface area contributed by atoms with Gasteiger partial charge in [0.15, 0.2) is 0 Å². The third kappa shape index (κ3) is 4.96. The first-order valence-electron chi connectivity index (χ1n) is 6.18. The average molecular weight is 316 g/mol. The number of hydrogen-bond donors (Lipinski definition) is 1. The highest BCUT2D eigenvalue weighted by atomic mass is 79.9. The summed E-state index contributed by atoms with van der Waals surface area (Å²) in [6.07, 6.45) is 1.14. The summed E-state index contributed by atoms with van der Waals surface area (Å²) in [6, 6.07) is 6.35. The van der Waals surface area contributed by atoms with Crippen LogP contribution in [0, 0.1) is 0 Å². The van der Waals surface area contributed by atoms with Crippen LogP contribution in [0.15, 0.2) is 22.7 Å². The van der Waals surface area contributed by atoms with Gasteiger partial charge in [-0.1, -0.05) is 15.9 Å². The molecule has 102 valence electrons. The van der Waals surface area contributed by atoms with Crippen molar-refractivity contribution in [2.75, 3.05) is 20.8 Å².